The van der Waals surface area contributed by atoms with Crippen LogP contribution in [0.4, 0.5) is 13.2 Å². The van der Waals surface area contributed by atoms with E-state index in [-0.39, 0.29) is 29.0 Å². The molecule has 2 aromatic heterocycles. The first-order valence-corrected chi connectivity index (χ1v) is 7.82. The number of aromatic nitrogens is 1. The van der Waals surface area contributed by atoms with Gasteiger partial charge in [0.05, 0.1) is 28.9 Å². The first kappa shape index (κ1) is 17.7. The predicted octanol–water partition coefficient (Wildman–Crippen LogP) is 4.61. The molecule has 134 valence electrons. The zero-order valence-corrected chi connectivity index (χ0v) is 13.7. The quantitative estimate of drug-likeness (QED) is 0.503. The van der Waals surface area contributed by atoms with Gasteiger partial charge >= 0.3 is 12.1 Å². The van der Waals surface area contributed by atoms with E-state index in [0.717, 1.165) is 6.07 Å². The van der Waals surface area contributed by atoms with E-state index in [9.17, 15) is 22.8 Å². The molecule has 0 aliphatic rings. The van der Waals surface area contributed by atoms with Gasteiger partial charge in [-0.3, -0.25) is 4.79 Å². The minimum absolute atomic E-state index is 0.0413. The molecule has 0 aliphatic carbocycles. The summed E-state index contributed by atoms with van der Waals surface area (Å²) < 4.78 is 46.9. The molecule has 0 spiro atoms. The topological polar surface area (TPSA) is 47.8 Å². The SMILES string of the molecule is CCOC(=O)c1c(-c2ccccc2C(F)(F)F)c(C=O)n2ccccc12. The van der Waals surface area contributed by atoms with Crippen LogP contribution in [0.25, 0.3) is 16.6 Å². The van der Waals surface area contributed by atoms with Gasteiger partial charge < -0.3 is 9.14 Å². The van der Waals surface area contributed by atoms with E-state index in [2.05, 4.69) is 0 Å². The van der Waals surface area contributed by atoms with Crippen molar-refractivity contribution < 1.29 is 27.5 Å². The minimum Gasteiger partial charge on any atom is -0.462 e. The van der Waals surface area contributed by atoms with Crippen LogP contribution in [0.5, 0.6) is 0 Å². The van der Waals surface area contributed by atoms with Crippen LogP contribution in [0, 0.1) is 0 Å². The summed E-state index contributed by atoms with van der Waals surface area (Å²) in [6.45, 7) is 1.65. The van der Waals surface area contributed by atoms with Crippen molar-refractivity contribution in [2.24, 2.45) is 0 Å². The van der Waals surface area contributed by atoms with Crippen LogP contribution in [-0.2, 0) is 10.9 Å². The number of carbonyl (C=O) groups excluding carboxylic acids is 2. The number of hydrogen-bond acceptors (Lipinski definition) is 3. The first-order chi connectivity index (χ1) is 12.4. The van der Waals surface area contributed by atoms with Crippen molar-refractivity contribution in [2.75, 3.05) is 6.61 Å². The highest BCUT2D eigenvalue weighted by Crippen LogP contribution is 2.41. The Labute approximate surface area is 146 Å². The smallest absolute Gasteiger partial charge is 0.417 e. The van der Waals surface area contributed by atoms with Crippen molar-refractivity contribution in [1.29, 1.82) is 0 Å². The van der Waals surface area contributed by atoms with Crippen LogP contribution in [-0.4, -0.2) is 23.3 Å². The van der Waals surface area contributed by atoms with Gasteiger partial charge in [-0.15, -0.1) is 0 Å². The number of carbonyl (C=O) groups is 2. The van der Waals surface area contributed by atoms with Gasteiger partial charge in [-0.25, -0.2) is 4.79 Å². The van der Waals surface area contributed by atoms with Gasteiger partial charge in [0.2, 0.25) is 0 Å². The summed E-state index contributed by atoms with van der Waals surface area (Å²) >= 11 is 0. The molecule has 0 saturated heterocycles. The number of fused-ring (bicyclic) bond motifs is 1. The van der Waals surface area contributed by atoms with Crippen LogP contribution >= 0.6 is 0 Å². The lowest BCUT2D eigenvalue weighted by Gasteiger charge is -2.13. The van der Waals surface area contributed by atoms with Gasteiger partial charge in [-0.2, -0.15) is 13.2 Å². The molecule has 0 fully saturated rings. The van der Waals surface area contributed by atoms with E-state index in [1.165, 1.54) is 28.8 Å². The molecule has 3 rings (SSSR count). The van der Waals surface area contributed by atoms with Crippen LogP contribution in [0.2, 0.25) is 0 Å². The lowest BCUT2D eigenvalue weighted by Crippen LogP contribution is -2.10. The molecular weight excluding hydrogens is 347 g/mol. The average Bonchev–Trinajstić information content (AvgIpc) is 2.95. The summed E-state index contributed by atoms with van der Waals surface area (Å²) in [6, 6.07) is 9.65. The molecule has 0 aliphatic heterocycles. The van der Waals surface area contributed by atoms with Crippen LogP contribution in [0.1, 0.15) is 33.3 Å². The zero-order valence-electron chi connectivity index (χ0n) is 13.7. The Morgan fingerprint density at radius 2 is 1.85 bits per heavy atom. The Balaban J connectivity index is 2.45. The second-order valence-corrected chi connectivity index (χ2v) is 5.47. The molecule has 0 saturated carbocycles. The number of nitrogens with zero attached hydrogens (tertiary/aromatic N) is 1. The van der Waals surface area contributed by atoms with Gasteiger partial charge in [0, 0.05) is 11.8 Å². The summed E-state index contributed by atoms with van der Waals surface area (Å²) in [5.41, 5.74) is -1.05. The van der Waals surface area contributed by atoms with Crippen LogP contribution in [0.3, 0.4) is 0 Å². The molecule has 0 atom stereocenters. The average molecular weight is 361 g/mol. The summed E-state index contributed by atoms with van der Waals surface area (Å²) in [5, 5.41) is 0. The Hall–Kier alpha value is -3.09. The van der Waals surface area contributed by atoms with Crippen molar-refractivity contribution in [3.05, 3.63) is 65.5 Å². The molecule has 0 unspecified atom stereocenters. The van der Waals surface area contributed by atoms with E-state index in [1.54, 1.807) is 25.1 Å². The molecule has 0 amide bonds. The maximum Gasteiger partial charge on any atom is 0.417 e. The fraction of sp³-hybridized carbons (Fsp3) is 0.158. The van der Waals surface area contributed by atoms with Crippen molar-refractivity contribution in [2.45, 2.75) is 13.1 Å². The second-order valence-electron chi connectivity index (χ2n) is 5.47. The van der Waals surface area contributed by atoms with E-state index in [1.807, 2.05) is 0 Å². The summed E-state index contributed by atoms with van der Waals surface area (Å²) in [6.07, 6.45) is -2.68. The van der Waals surface area contributed by atoms with E-state index >= 15 is 0 Å². The van der Waals surface area contributed by atoms with Crippen molar-refractivity contribution in [1.82, 2.24) is 4.40 Å². The molecule has 0 bridgehead atoms. The van der Waals surface area contributed by atoms with Crippen molar-refractivity contribution in [3.8, 4) is 11.1 Å². The Kier molecular flexibility index (Phi) is 4.54. The fourth-order valence-corrected chi connectivity index (χ4v) is 2.98. The van der Waals surface area contributed by atoms with Gasteiger partial charge in [0.25, 0.3) is 0 Å². The third kappa shape index (κ3) is 2.85. The molecule has 2 heterocycles. The molecule has 7 heteroatoms. The number of hydrogen-bond donors (Lipinski definition) is 0. The Morgan fingerprint density at radius 1 is 1.15 bits per heavy atom. The minimum atomic E-state index is -4.64. The van der Waals surface area contributed by atoms with Crippen LogP contribution < -0.4 is 0 Å². The second kappa shape index (κ2) is 6.67. The number of aldehydes is 1. The number of pyridine rings is 1. The fourth-order valence-electron chi connectivity index (χ4n) is 2.98. The molecule has 1 aromatic carbocycles. The third-order valence-electron chi connectivity index (χ3n) is 3.97. The largest absolute Gasteiger partial charge is 0.462 e. The predicted molar refractivity (Wildman–Crippen MR) is 89.2 cm³/mol. The number of benzene rings is 1. The summed E-state index contributed by atoms with van der Waals surface area (Å²) in [5.74, 6) is -0.781. The molecule has 0 radical (unpaired) electrons. The van der Waals surface area contributed by atoms with Crippen molar-refractivity contribution in [3.63, 3.8) is 0 Å². The highest BCUT2D eigenvalue weighted by atomic mass is 19.4. The summed E-state index contributed by atoms with van der Waals surface area (Å²) in [7, 11) is 0. The molecular formula is C19H14F3NO3. The van der Waals surface area contributed by atoms with Gasteiger partial charge in [0.15, 0.2) is 6.29 Å². The lowest BCUT2D eigenvalue weighted by atomic mass is 9.95. The maximum atomic E-state index is 13.5. The van der Waals surface area contributed by atoms with Gasteiger partial charge in [-0.05, 0) is 30.7 Å². The van der Waals surface area contributed by atoms with Crippen molar-refractivity contribution >= 4 is 17.8 Å². The highest BCUT2D eigenvalue weighted by molar-refractivity contribution is 6.09. The number of rotatable bonds is 4. The molecule has 26 heavy (non-hydrogen) atoms. The Morgan fingerprint density at radius 3 is 2.50 bits per heavy atom. The number of alkyl halides is 3. The van der Waals surface area contributed by atoms with Gasteiger partial charge in [0.1, 0.15) is 0 Å². The van der Waals surface area contributed by atoms with E-state index < -0.39 is 17.7 Å². The molecule has 0 N–H and O–H groups in total. The monoisotopic (exact) mass is 361 g/mol. The first-order valence-electron chi connectivity index (χ1n) is 7.82. The molecule has 3 aromatic rings. The standard InChI is InChI=1S/C19H14F3NO3/c1-2-26-18(25)17-14-9-5-6-10-23(14)15(11-24)16(17)12-7-3-4-8-13(12)19(20,21)22/h3-11H,2H2,1H3. The number of ether oxygens (including phenoxy) is 1. The van der Waals surface area contributed by atoms with Gasteiger partial charge in [-0.1, -0.05) is 24.3 Å². The normalized spacial score (nSPS) is 11.5. The number of halogens is 3. The molecule has 4 nitrogen and oxygen atoms in total. The lowest BCUT2D eigenvalue weighted by molar-refractivity contribution is -0.137. The van der Waals surface area contributed by atoms with Crippen LogP contribution in [0.15, 0.2) is 48.7 Å². The summed E-state index contributed by atoms with van der Waals surface area (Å²) in [4.78, 5) is 24.2. The zero-order chi connectivity index (χ0) is 18.9. The number of esters is 1. The highest BCUT2D eigenvalue weighted by Gasteiger charge is 2.36. The van der Waals surface area contributed by atoms with E-state index in [0.29, 0.717) is 11.8 Å². The Bertz CT molecular complexity index is 989. The van der Waals surface area contributed by atoms with E-state index in [4.69, 9.17) is 4.74 Å². The third-order valence-corrected chi connectivity index (χ3v) is 3.97. The maximum absolute atomic E-state index is 13.5.